The summed E-state index contributed by atoms with van der Waals surface area (Å²) in [5, 5.41) is 35.2. The molecule has 0 radical (unpaired) electrons. The van der Waals surface area contributed by atoms with Crippen molar-refractivity contribution < 1.29 is 24.9 Å². The van der Waals surface area contributed by atoms with E-state index in [1.165, 1.54) is 0 Å². The van der Waals surface area contributed by atoms with Gasteiger partial charge in [-0.25, -0.2) is 9.59 Å². The third-order valence-electron chi connectivity index (χ3n) is 3.05. The summed E-state index contributed by atoms with van der Waals surface area (Å²) in [7, 11) is 0. The van der Waals surface area contributed by atoms with Crippen LogP contribution in [0.2, 0.25) is 0 Å². The van der Waals surface area contributed by atoms with E-state index < -0.39 is 49.8 Å². The molecule has 6 N–H and O–H groups in total. The Bertz CT molecular complexity index is 337. The van der Waals surface area contributed by atoms with Crippen LogP contribution in [0, 0.1) is 0 Å². The van der Waals surface area contributed by atoms with E-state index in [1.807, 2.05) is 0 Å². The second-order valence-corrected chi connectivity index (χ2v) is 4.06. The van der Waals surface area contributed by atoms with Crippen molar-refractivity contribution in [1.82, 2.24) is 20.9 Å². The minimum atomic E-state index is -1.51. The molecule has 0 aromatic heterocycles. The van der Waals surface area contributed by atoms with Crippen LogP contribution < -0.4 is 16.0 Å². The maximum atomic E-state index is 11.7. The molecule has 2 unspecified atom stereocenters. The van der Waals surface area contributed by atoms with Crippen molar-refractivity contribution in [2.75, 3.05) is 19.8 Å². The molecular weight excluding hydrogens is 232 g/mol. The summed E-state index contributed by atoms with van der Waals surface area (Å²) in [6.07, 6.45) is -1.39. The van der Waals surface area contributed by atoms with Gasteiger partial charge in [-0.1, -0.05) is 0 Å². The fourth-order valence-electron chi connectivity index (χ4n) is 2.03. The number of amides is 4. The maximum Gasteiger partial charge on any atom is 0.321 e. The van der Waals surface area contributed by atoms with Gasteiger partial charge in [-0.3, -0.25) is 4.90 Å². The predicted octanol–water partition coefficient (Wildman–Crippen LogP) is -3.31. The molecule has 2 rings (SSSR count). The average molecular weight is 246 g/mol. The van der Waals surface area contributed by atoms with Gasteiger partial charge in [0.2, 0.25) is 0 Å². The monoisotopic (exact) mass is 246 g/mol. The van der Waals surface area contributed by atoms with Crippen molar-refractivity contribution in [3.8, 4) is 0 Å². The minimum Gasteiger partial charge on any atom is -0.394 e. The first-order valence-electron chi connectivity index (χ1n) is 5.07. The Morgan fingerprint density at radius 3 is 2.18 bits per heavy atom. The van der Waals surface area contributed by atoms with Crippen LogP contribution in [-0.4, -0.2) is 70.0 Å². The molecule has 2 saturated heterocycles. The van der Waals surface area contributed by atoms with Gasteiger partial charge in [-0.2, -0.15) is 0 Å². The van der Waals surface area contributed by atoms with Crippen LogP contribution in [0.5, 0.6) is 0 Å². The molecule has 2 atom stereocenters. The number of urea groups is 2. The average Bonchev–Trinajstić information content (AvgIpc) is 2.79. The second-order valence-electron chi connectivity index (χ2n) is 4.06. The molecule has 0 bridgehead atoms. The topological polar surface area (TPSA) is 134 Å². The zero-order valence-corrected chi connectivity index (χ0v) is 8.88. The molecule has 0 aromatic carbocycles. The van der Waals surface area contributed by atoms with E-state index in [4.69, 9.17) is 0 Å². The van der Waals surface area contributed by atoms with Gasteiger partial charge in [0, 0.05) is 0 Å². The lowest BCUT2D eigenvalue weighted by Crippen LogP contribution is -2.63. The van der Waals surface area contributed by atoms with Crippen molar-refractivity contribution in [3.63, 3.8) is 0 Å². The summed E-state index contributed by atoms with van der Waals surface area (Å²) < 4.78 is 0. The van der Waals surface area contributed by atoms with E-state index in [0.29, 0.717) is 0 Å². The molecule has 0 saturated carbocycles. The number of hydrogen-bond acceptors (Lipinski definition) is 5. The lowest BCUT2D eigenvalue weighted by atomic mass is 10.0. The quantitative estimate of drug-likeness (QED) is 0.309. The first kappa shape index (κ1) is 11.9. The summed E-state index contributed by atoms with van der Waals surface area (Å²) >= 11 is 0. The molecule has 2 heterocycles. The minimum absolute atomic E-state index is 0.465. The van der Waals surface area contributed by atoms with Crippen LogP contribution >= 0.6 is 0 Å². The van der Waals surface area contributed by atoms with Crippen LogP contribution in [0.15, 0.2) is 0 Å². The number of fused-ring (bicyclic) bond motifs is 1. The fraction of sp³-hybridized carbons (Fsp3) is 0.750. The zero-order valence-electron chi connectivity index (χ0n) is 8.88. The molecule has 4 amide bonds. The van der Waals surface area contributed by atoms with Crippen LogP contribution in [-0.2, 0) is 0 Å². The van der Waals surface area contributed by atoms with Crippen LogP contribution in [0.3, 0.4) is 0 Å². The van der Waals surface area contributed by atoms with Crippen molar-refractivity contribution >= 4 is 12.1 Å². The van der Waals surface area contributed by atoms with Gasteiger partial charge in [0.1, 0.15) is 17.9 Å². The number of aliphatic hydroxyl groups is 3. The summed E-state index contributed by atoms with van der Waals surface area (Å²) in [5.41, 5.74) is -1.51. The van der Waals surface area contributed by atoms with Gasteiger partial charge in [0.25, 0.3) is 0 Å². The van der Waals surface area contributed by atoms with E-state index in [2.05, 4.69) is 16.0 Å². The molecule has 0 aliphatic carbocycles. The third-order valence-corrected chi connectivity index (χ3v) is 3.05. The molecule has 2 aliphatic heterocycles. The Labute approximate surface area is 96.4 Å². The number of hydrogen-bond donors (Lipinski definition) is 6. The molecule has 9 nitrogen and oxygen atoms in total. The highest BCUT2D eigenvalue weighted by Crippen LogP contribution is 2.24. The molecule has 0 aromatic rings. The summed E-state index contributed by atoms with van der Waals surface area (Å²) in [5.74, 6) is 0. The van der Waals surface area contributed by atoms with E-state index in [-0.39, 0.29) is 0 Å². The van der Waals surface area contributed by atoms with Gasteiger partial charge >= 0.3 is 12.1 Å². The predicted molar refractivity (Wildman–Crippen MR) is 53.6 cm³/mol. The van der Waals surface area contributed by atoms with Crippen LogP contribution in [0.1, 0.15) is 0 Å². The normalized spacial score (nSPS) is 27.6. The van der Waals surface area contributed by atoms with E-state index >= 15 is 0 Å². The van der Waals surface area contributed by atoms with E-state index in [9.17, 15) is 24.9 Å². The highest BCUT2D eigenvalue weighted by Gasteiger charge is 2.53. The number of nitrogens with zero attached hydrogens (tertiary/aromatic N) is 1. The number of aliphatic hydroxyl groups excluding tert-OH is 3. The van der Waals surface area contributed by atoms with Crippen molar-refractivity contribution in [1.29, 1.82) is 0 Å². The van der Waals surface area contributed by atoms with Crippen LogP contribution in [0.4, 0.5) is 9.59 Å². The number of nitrogens with one attached hydrogen (secondary N) is 3. The molecule has 17 heavy (non-hydrogen) atoms. The molecule has 9 heteroatoms. The van der Waals surface area contributed by atoms with Gasteiger partial charge in [-0.05, 0) is 0 Å². The fourth-order valence-corrected chi connectivity index (χ4v) is 2.03. The third kappa shape index (κ3) is 1.59. The lowest BCUT2D eigenvalue weighted by molar-refractivity contribution is -0.0362. The zero-order chi connectivity index (χ0) is 12.6. The van der Waals surface area contributed by atoms with E-state index in [0.717, 1.165) is 4.90 Å². The molecule has 96 valence electrons. The smallest absolute Gasteiger partial charge is 0.321 e. The largest absolute Gasteiger partial charge is 0.394 e. The highest BCUT2D eigenvalue weighted by atomic mass is 16.3. The van der Waals surface area contributed by atoms with E-state index in [1.54, 1.807) is 0 Å². The Kier molecular flexibility index (Phi) is 2.81. The summed E-state index contributed by atoms with van der Waals surface area (Å²) in [6.45, 7) is -1.86. The molecule has 2 fully saturated rings. The summed E-state index contributed by atoms with van der Waals surface area (Å²) in [4.78, 5) is 23.9. The lowest BCUT2D eigenvalue weighted by Gasteiger charge is -2.39. The number of rotatable bonds is 4. The first-order valence-corrected chi connectivity index (χ1v) is 5.07. The Hall–Kier alpha value is -1.58. The standard InChI is InChI=1S/C8H14N4O5/c13-1-8(2-14,3-15)12-5-4(10-7(12)17)9-6(16)11-5/h4-5,13-15H,1-3H2,(H,10,17)(H2,9,11,16). The van der Waals surface area contributed by atoms with Crippen LogP contribution in [0.25, 0.3) is 0 Å². The maximum absolute atomic E-state index is 11.7. The number of carbonyl (C=O) groups is 2. The van der Waals surface area contributed by atoms with Crippen molar-refractivity contribution in [2.45, 2.75) is 17.9 Å². The van der Waals surface area contributed by atoms with Gasteiger partial charge in [0.15, 0.2) is 0 Å². The number of carbonyl (C=O) groups excluding carboxylic acids is 2. The van der Waals surface area contributed by atoms with Gasteiger partial charge in [0.05, 0.1) is 19.8 Å². The molecule has 0 spiro atoms. The summed E-state index contributed by atoms with van der Waals surface area (Å²) in [6, 6.07) is -1.04. The Morgan fingerprint density at radius 1 is 1.06 bits per heavy atom. The second kappa shape index (κ2) is 4.02. The van der Waals surface area contributed by atoms with Gasteiger partial charge < -0.3 is 31.3 Å². The van der Waals surface area contributed by atoms with Crippen molar-refractivity contribution in [2.24, 2.45) is 0 Å². The Balaban J connectivity index is 2.29. The van der Waals surface area contributed by atoms with Crippen molar-refractivity contribution in [3.05, 3.63) is 0 Å². The highest BCUT2D eigenvalue weighted by molar-refractivity contribution is 5.85. The SMILES string of the molecule is O=C1NC2NC(=O)N(C(CO)(CO)CO)C2N1. The first-order chi connectivity index (χ1) is 8.07. The Morgan fingerprint density at radius 2 is 1.65 bits per heavy atom. The van der Waals surface area contributed by atoms with Gasteiger partial charge in [-0.15, -0.1) is 0 Å². The molecule has 2 aliphatic rings. The molecular formula is C8H14N4O5.